The van der Waals surface area contributed by atoms with Crippen LogP contribution >= 0.6 is 0 Å². The minimum Gasteiger partial charge on any atom is -0.473 e. The van der Waals surface area contributed by atoms with Crippen LogP contribution in [0.25, 0.3) is 22.2 Å². The highest BCUT2D eigenvalue weighted by Gasteiger charge is 2.28. The molecule has 0 unspecified atom stereocenters. The molecule has 2 aliphatic rings. The van der Waals surface area contributed by atoms with Crippen molar-refractivity contribution in [2.24, 2.45) is 0 Å². The van der Waals surface area contributed by atoms with E-state index >= 15 is 0 Å². The van der Waals surface area contributed by atoms with Crippen LogP contribution in [0.3, 0.4) is 0 Å². The maximum Gasteiger partial charge on any atom is 0.303 e. The first-order valence-corrected chi connectivity index (χ1v) is 15.8. The van der Waals surface area contributed by atoms with Gasteiger partial charge in [0.05, 0.1) is 30.7 Å². The molecule has 1 amide bonds. The fourth-order valence-electron chi connectivity index (χ4n) is 5.40. The zero-order valence-corrected chi connectivity index (χ0v) is 25.1. The Morgan fingerprint density at radius 2 is 1.80 bits per heavy atom. The molecule has 1 N–H and O–H groups in total. The first kappa shape index (κ1) is 29.4. The van der Waals surface area contributed by atoms with Gasteiger partial charge >= 0.3 is 10.2 Å². The Morgan fingerprint density at radius 3 is 2.44 bits per heavy atom. The number of carbonyl (C=O) groups excluding carboxylic acids is 1. The summed E-state index contributed by atoms with van der Waals surface area (Å²) in [5, 5.41) is 5.61. The van der Waals surface area contributed by atoms with Crippen molar-refractivity contribution in [2.45, 2.75) is 64.6 Å². The van der Waals surface area contributed by atoms with Gasteiger partial charge in [0.1, 0.15) is 5.69 Å². The predicted octanol–water partition coefficient (Wildman–Crippen LogP) is 3.76. The highest BCUT2D eigenvalue weighted by molar-refractivity contribution is 7.87. The summed E-state index contributed by atoms with van der Waals surface area (Å²) in [5.41, 5.74) is 3.29. The van der Waals surface area contributed by atoms with Crippen molar-refractivity contribution in [1.29, 1.82) is 0 Å². The zero-order valence-electron chi connectivity index (χ0n) is 24.3. The van der Waals surface area contributed by atoms with E-state index in [9.17, 15) is 13.2 Å². The molecular formula is C29H40N6O5S. The van der Waals surface area contributed by atoms with Crippen LogP contribution in [-0.2, 0) is 21.5 Å². The number of aromatic nitrogens is 3. The molecule has 1 aliphatic heterocycles. The summed E-state index contributed by atoms with van der Waals surface area (Å²) in [7, 11) is -1.27. The molecular weight excluding hydrogens is 544 g/mol. The first-order chi connectivity index (χ1) is 19.6. The van der Waals surface area contributed by atoms with Crippen LogP contribution in [-0.4, -0.2) is 84.8 Å². The van der Waals surface area contributed by atoms with E-state index in [0.717, 1.165) is 79.3 Å². The van der Waals surface area contributed by atoms with Gasteiger partial charge in [-0.3, -0.25) is 9.69 Å². The van der Waals surface area contributed by atoms with Gasteiger partial charge in [-0.05, 0) is 43.9 Å². The summed E-state index contributed by atoms with van der Waals surface area (Å²) in [5.74, 6) is -0.332. The predicted molar refractivity (Wildman–Crippen MR) is 157 cm³/mol. The van der Waals surface area contributed by atoms with Crippen molar-refractivity contribution in [1.82, 2.24) is 28.7 Å². The minimum absolute atomic E-state index is 0.00312. The van der Waals surface area contributed by atoms with Gasteiger partial charge in [-0.25, -0.2) is 14.4 Å². The Labute approximate surface area is 242 Å². The lowest BCUT2D eigenvalue weighted by Crippen LogP contribution is -2.39. The Balaban J connectivity index is 1.62. The summed E-state index contributed by atoms with van der Waals surface area (Å²) in [6, 6.07) is 9.99. The van der Waals surface area contributed by atoms with Gasteiger partial charge in [-0.1, -0.05) is 43.5 Å². The number of hydrogen-bond acceptors (Lipinski definition) is 8. The van der Waals surface area contributed by atoms with E-state index in [4.69, 9.17) is 19.6 Å². The molecule has 1 saturated heterocycles. The third kappa shape index (κ3) is 6.72. The first-order valence-electron chi connectivity index (χ1n) is 14.4. The van der Waals surface area contributed by atoms with Crippen molar-refractivity contribution in [3.63, 3.8) is 0 Å². The van der Waals surface area contributed by atoms with Gasteiger partial charge in [-0.2, -0.15) is 12.7 Å². The lowest BCUT2D eigenvalue weighted by molar-refractivity contribution is 0.0342. The second-order valence-electron chi connectivity index (χ2n) is 11.3. The molecule has 222 valence electrons. The SMILES string of the molecule is CC(C)Oc1nn(C2CCCCC2)c2nc(C(=O)NS(=O)(=O)N(C)C)cc(-c3ccc(CN4CCOCC4)cc3)c12. The molecule has 2 aromatic heterocycles. The van der Waals surface area contributed by atoms with Gasteiger partial charge in [0.2, 0.25) is 5.88 Å². The molecule has 0 bridgehead atoms. The van der Waals surface area contributed by atoms with Gasteiger partial charge < -0.3 is 9.47 Å². The second kappa shape index (κ2) is 12.4. The zero-order chi connectivity index (χ0) is 29.1. The summed E-state index contributed by atoms with van der Waals surface area (Å²) < 4.78 is 41.6. The number of pyridine rings is 1. The molecule has 0 atom stereocenters. The van der Waals surface area contributed by atoms with Gasteiger partial charge in [0, 0.05) is 39.3 Å². The van der Waals surface area contributed by atoms with E-state index in [1.807, 2.05) is 30.7 Å². The van der Waals surface area contributed by atoms with Crippen molar-refractivity contribution < 1.29 is 22.7 Å². The third-order valence-corrected chi connectivity index (χ3v) is 9.01. The molecule has 1 aliphatic carbocycles. The number of morpholine rings is 1. The number of carbonyl (C=O) groups is 1. The van der Waals surface area contributed by atoms with Gasteiger partial charge in [0.25, 0.3) is 5.91 Å². The van der Waals surface area contributed by atoms with Crippen LogP contribution in [0.1, 0.15) is 68.0 Å². The standard InChI is InChI=1S/C29H40N6O5S/c1-20(2)40-29-26-24(22-12-10-21(11-13-22)19-34-14-16-39-17-15-34)18-25(28(36)32-41(37,38)33(3)4)30-27(26)35(31-29)23-8-6-5-7-9-23/h10-13,18,20,23H,5-9,14-17,19H2,1-4H3,(H,32,36). The average molecular weight is 585 g/mol. The minimum atomic E-state index is -4.00. The molecule has 3 heterocycles. The topological polar surface area (TPSA) is 119 Å². The second-order valence-corrected chi connectivity index (χ2v) is 13.2. The van der Waals surface area contributed by atoms with E-state index < -0.39 is 16.1 Å². The molecule has 0 spiro atoms. The summed E-state index contributed by atoms with van der Waals surface area (Å²) in [6.07, 6.45) is 5.14. The molecule has 1 aromatic carbocycles. The number of rotatable bonds is 9. The van der Waals surface area contributed by atoms with Crippen LogP contribution in [0.15, 0.2) is 30.3 Å². The number of ether oxygens (including phenoxy) is 2. The Morgan fingerprint density at radius 1 is 1.12 bits per heavy atom. The van der Waals surface area contributed by atoms with Crippen LogP contribution < -0.4 is 9.46 Å². The van der Waals surface area contributed by atoms with Crippen LogP contribution in [0.5, 0.6) is 5.88 Å². The van der Waals surface area contributed by atoms with Crippen molar-refractivity contribution in [3.05, 3.63) is 41.6 Å². The van der Waals surface area contributed by atoms with E-state index in [1.54, 1.807) is 6.07 Å². The summed E-state index contributed by atoms with van der Waals surface area (Å²) in [6.45, 7) is 8.01. The monoisotopic (exact) mass is 584 g/mol. The number of nitrogens with one attached hydrogen (secondary N) is 1. The third-order valence-electron chi connectivity index (χ3n) is 7.61. The number of hydrogen-bond donors (Lipinski definition) is 1. The average Bonchev–Trinajstić information content (AvgIpc) is 3.31. The van der Waals surface area contributed by atoms with Crippen molar-refractivity contribution in [3.8, 4) is 17.0 Å². The highest BCUT2D eigenvalue weighted by Crippen LogP contribution is 2.39. The van der Waals surface area contributed by atoms with Crippen LogP contribution in [0.2, 0.25) is 0 Å². The fraction of sp³-hybridized carbons (Fsp3) is 0.552. The van der Waals surface area contributed by atoms with Crippen LogP contribution in [0, 0.1) is 0 Å². The maximum absolute atomic E-state index is 13.3. The number of nitrogens with zero attached hydrogens (tertiary/aromatic N) is 5. The van der Waals surface area contributed by atoms with Gasteiger partial charge in [0.15, 0.2) is 5.65 Å². The normalized spacial score (nSPS) is 17.4. The van der Waals surface area contributed by atoms with E-state index in [-0.39, 0.29) is 17.8 Å². The fourth-order valence-corrected chi connectivity index (χ4v) is 5.92. The Bertz CT molecular complexity index is 1470. The smallest absolute Gasteiger partial charge is 0.303 e. The van der Waals surface area contributed by atoms with Crippen molar-refractivity contribution >= 4 is 27.1 Å². The Kier molecular flexibility index (Phi) is 8.93. The number of benzene rings is 1. The van der Waals surface area contributed by atoms with Crippen molar-refractivity contribution in [2.75, 3.05) is 40.4 Å². The number of amides is 1. The number of fused-ring (bicyclic) bond motifs is 1. The summed E-state index contributed by atoms with van der Waals surface area (Å²) >= 11 is 0. The molecule has 3 aromatic rings. The molecule has 1 saturated carbocycles. The largest absolute Gasteiger partial charge is 0.473 e. The maximum atomic E-state index is 13.3. The van der Waals surface area contributed by atoms with E-state index in [2.05, 4.69) is 21.8 Å². The van der Waals surface area contributed by atoms with E-state index in [0.29, 0.717) is 11.5 Å². The van der Waals surface area contributed by atoms with Gasteiger partial charge in [-0.15, -0.1) is 5.10 Å². The molecule has 5 rings (SSSR count). The Hall–Kier alpha value is -3.06. The highest BCUT2D eigenvalue weighted by atomic mass is 32.2. The summed E-state index contributed by atoms with van der Waals surface area (Å²) in [4.78, 5) is 20.4. The molecule has 41 heavy (non-hydrogen) atoms. The molecule has 0 radical (unpaired) electrons. The lowest BCUT2D eigenvalue weighted by atomic mass is 9.95. The molecule has 11 nitrogen and oxygen atoms in total. The molecule has 2 fully saturated rings. The quantitative estimate of drug-likeness (QED) is 0.404. The van der Waals surface area contributed by atoms with E-state index in [1.165, 1.54) is 26.1 Å². The lowest BCUT2D eigenvalue weighted by Gasteiger charge is -2.26. The van der Waals surface area contributed by atoms with Crippen LogP contribution in [0.4, 0.5) is 0 Å². The molecule has 12 heteroatoms.